The predicted molar refractivity (Wildman–Crippen MR) is 125 cm³/mol. The summed E-state index contributed by atoms with van der Waals surface area (Å²) in [6.45, 7) is 4.48. The number of fused-ring (bicyclic) bond motifs is 1. The van der Waals surface area contributed by atoms with E-state index < -0.39 is 23.9 Å². The largest absolute Gasteiger partial charge is 0.378 e. The van der Waals surface area contributed by atoms with Gasteiger partial charge in [0.1, 0.15) is 5.82 Å². The van der Waals surface area contributed by atoms with Crippen LogP contribution in [0.2, 0.25) is 0 Å². The number of ether oxygens (including phenoxy) is 1. The van der Waals surface area contributed by atoms with Crippen molar-refractivity contribution in [3.8, 4) is 11.3 Å². The monoisotopic (exact) mass is 489 g/mol. The lowest BCUT2D eigenvalue weighted by molar-refractivity contribution is -0.154. The second-order valence-corrected chi connectivity index (χ2v) is 9.39. The lowest BCUT2D eigenvalue weighted by Gasteiger charge is -2.37. The molecule has 4 N–H and O–H groups in total. The van der Waals surface area contributed by atoms with E-state index in [1.54, 1.807) is 12.4 Å². The number of carbonyl (C=O) groups excluding carboxylic acids is 1. The molecule has 11 nitrogen and oxygen atoms in total. The molecule has 0 unspecified atom stereocenters. The SMILES string of the molecule is C[C@]1(N2CCc3c(-c4cnc(N)nc4)nc(N4CCOCC4)nc32)CCN(C(=O)C(F)(F)CN)C1. The van der Waals surface area contributed by atoms with Crippen molar-refractivity contribution in [1.82, 2.24) is 24.8 Å². The first-order chi connectivity index (χ1) is 16.7. The minimum atomic E-state index is -3.57. The Morgan fingerprint density at radius 2 is 1.89 bits per heavy atom. The number of rotatable bonds is 5. The second kappa shape index (κ2) is 8.79. The number of alkyl halides is 2. The molecule has 0 aromatic carbocycles. The van der Waals surface area contributed by atoms with Crippen LogP contribution >= 0.6 is 0 Å². The zero-order chi connectivity index (χ0) is 24.8. The van der Waals surface area contributed by atoms with Crippen LogP contribution < -0.4 is 21.3 Å². The summed E-state index contributed by atoms with van der Waals surface area (Å²) >= 11 is 0. The van der Waals surface area contributed by atoms with Crippen LogP contribution in [0.5, 0.6) is 0 Å². The van der Waals surface area contributed by atoms with Crippen molar-refractivity contribution >= 4 is 23.6 Å². The van der Waals surface area contributed by atoms with Crippen LogP contribution in [-0.2, 0) is 16.0 Å². The van der Waals surface area contributed by atoms with Gasteiger partial charge in [-0.2, -0.15) is 13.8 Å². The number of carbonyl (C=O) groups is 1. The summed E-state index contributed by atoms with van der Waals surface area (Å²) in [5.74, 6) is -3.31. The fraction of sp³-hybridized carbons (Fsp3) is 0.591. The number of amides is 1. The third-order valence-electron chi connectivity index (χ3n) is 7.01. The third kappa shape index (κ3) is 4.22. The summed E-state index contributed by atoms with van der Waals surface area (Å²) in [6, 6.07) is 0. The Bertz CT molecular complexity index is 1110. The summed E-state index contributed by atoms with van der Waals surface area (Å²) in [6.07, 6.45) is 4.49. The van der Waals surface area contributed by atoms with Crippen LogP contribution in [0.1, 0.15) is 18.9 Å². The maximum Gasteiger partial charge on any atom is 0.336 e. The average Bonchev–Trinajstić information content (AvgIpc) is 3.49. The van der Waals surface area contributed by atoms with Crippen molar-refractivity contribution in [3.05, 3.63) is 18.0 Å². The van der Waals surface area contributed by atoms with Crippen molar-refractivity contribution in [1.29, 1.82) is 0 Å². The molecule has 3 aliphatic heterocycles. The van der Waals surface area contributed by atoms with Gasteiger partial charge in [0, 0.05) is 56.2 Å². The Balaban J connectivity index is 1.52. The number of nitrogens with two attached hydrogens (primary N) is 2. The van der Waals surface area contributed by atoms with E-state index in [1.807, 2.05) is 6.92 Å². The van der Waals surface area contributed by atoms with E-state index in [4.69, 9.17) is 26.2 Å². The molecule has 0 aliphatic carbocycles. The van der Waals surface area contributed by atoms with E-state index in [0.29, 0.717) is 51.6 Å². The molecular weight excluding hydrogens is 460 g/mol. The van der Waals surface area contributed by atoms with Gasteiger partial charge in [-0.3, -0.25) is 4.79 Å². The quantitative estimate of drug-likeness (QED) is 0.603. The van der Waals surface area contributed by atoms with Crippen LogP contribution in [0.3, 0.4) is 0 Å². The smallest absolute Gasteiger partial charge is 0.336 e. The van der Waals surface area contributed by atoms with Crippen molar-refractivity contribution in [2.45, 2.75) is 31.2 Å². The normalized spacial score (nSPS) is 22.6. The average molecular weight is 490 g/mol. The number of morpholine rings is 1. The molecule has 0 saturated carbocycles. The molecule has 0 spiro atoms. The van der Waals surface area contributed by atoms with Crippen LogP contribution in [0.25, 0.3) is 11.3 Å². The molecule has 5 heterocycles. The number of nitrogen functional groups attached to an aromatic ring is 1. The molecule has 2 fully saturated rings. The molecule has 3 aliphatic rings. The molecule has 35 heavy (non-hydrogen) atoms. The number of nitrogens with zero attached hydrogens (tertiary/aromatic N) is 7. The number of hydrogen-bond acceptors (Lipinski definition) is 10. The summed E-state index contributed by atoms with van der Waals surface area (Å²) in [5, 5.41) is 0. The summed E-state index contributed by atoms with van der Waals surface area (Å²) in [5.41, 5.74) is 12.7. The zero-order valence-corrected chi connectivity index (χ0v) is 19.6. The van der Waals surface area contributed by atoms with Gasteiger partial charge in [0.15, 0.2) is 0 Å². The second-order valence-electron chi connectivity index (χ2n) is 9.39. The van der Waals surface area contributed by atoms with Crippen molar-refractivity contribution in [2.75, 3.05) is 68.0 Å². The lowest BCUT2D eigenvalue weighted by atomic mass is 9.99. The van der Waals surface area contributed by atoms with E-state index in [9.17, 15) is 13.6 Å². The van der Waals surface area contributed by atoms with Crippen LogP contribution in [0.15, 0.2) is 12.4 Å². The molecule has 2 aromatic rings. The van der Waals surface area contributed by atoms with E-state index in [-0.39, 0.29) is 19.0 Å². The number of anilines is 3. The zero-order valence-electron chi connectivity index (χ0n) is 19.6. The Morgan fingerprint density at radius 1 is 1.17 bits per heavy atom. The number of aromatic nitrogens is 4. The van der Waals surface area contributed by atoms with Crippen LogP contribution in [0.4, 0.5) is 26.5 Å². The molecule has 5 rings (SSSR count). The third-order valence-corrected chi connectivity index (χ3v) is 7.01. The van der Waals surface area contributed by atoms with Crippen LogP contribution in [-0.4, -0.2) is 94.7 Å². The highest BCUT2D eigenvalue weighted by Crippen LogP contribution is 2.41. The standard InChI is InChI=1S/C22H29F2N9O2/c1-21(3-5-32(13-21)18(34)22(23,24)12-25)33-4-2-15-16(14-10-27-19(26)28-11-14)29-20(30-17(15)33)31-6-8-35-9-7-31/h10-11H,2-9,12-13,25H2,1H3,(H2,26,27,28)/t21-/m0/s1. The molecule has 1 atom stereocenters. The van der Waals surface area contributed by atoms with Gasteiger partial charge in [0.2, 0.25) is 11.9 Å². The molecule has 13 heteroatoms. The fourth-order valence-electron chi connectivity index (χ4n) is 5.03. The first kappa shape index (κ1) is 23.5. The highest BCUT2D eigenvalue weighted by atomic mass is 19.3. The minimum Gasteiger partial charge on any atom is -0.378 e. The maximum absolute atomic E-state index is 14.0. The highest BCUT2D eigenvalue weighted by molar-refractivity contribution is 5.84. The predicted octanol–water partition coefficient (Wildman–Crippen LogP) is 0.300. The van der Waals surface area contributed by atoms with Gasteiger partial charge < -0.3 is 30.9 Å². The molecule has 2 saturated heterocycles. The van der Waals surface area contributed by atoms with E-state index >= 15 is 0 Å². The molecule has 2 aromatic heterocycles. The lowest BCUT2D eigenvalue weighted by Crippen LogP contribution is -2.52. The molecule has 188 valence electrons. The highest BCUT2D eigenvalue weighted by Gasteiger charge is 2.49. The Morgan fingerprint density at radius 3 is 2.57 bits per heavy atom. The van der Waals surface area contributed by atoms with Crippen LogP contribution in [0, 0.1) is 0 Å². The fourth-order valence-corrected chi connectivity index (χ4v) is 5.03. The van der Waals surface area contributed by atoms with Crippen molar-refractivity contribution in [3.63, 3.8) is 0 Å². The number of likely N-dealkylation sites (tertiary alicyclic amines) is 1. The van der Waals surface area contributed by atoms with E-state index in [1.165, 1.54) is 4.90 Å². The van der Waals surface area contributed by atoms with Gasteiger partial charge in [0.25, 0.3) is 5.91 Å². The topological polar surface area (TPSA) is 140 Å². The molecule has 1 amide bonds. The van der Waals surface area contributed by atoms with Gasteiger partial charge >= 0.3 is 5.92 Å². The number of hydrogen-bond donors (Lipinski definition) is 2. The maximum atomic E-state index is 14.0. The number of halogens is 2. The Labute approximate surface area is 201 Å². The Kier molecular flexibility index (Phi) is 5.91. The van der Waals surface area contributed by atoms with Crippen molar-refractivity contribution in [2.24, 2.45) is 5.73 Å². The van der Waals surface area contributed by atoms with Crippen molar-refractivity contribution < 1.29 is 18.3 Å². The van der Waals surface area contributed by atoms with E-state index in [2.05, 4.69) is 19.8 Å². The van der Waals surface area contributed by atoms with Gasteiger partial charge in [0.05, 0.1) is 31.0 Å². The van der Waals surface area contributed by atoms with Gasteiger partial charge in [-0.25, -0.2) is 15.0 Å². The summed E-state index contributed by atoms with van der Waals surface area (Å²) < 4.78 is 33.5. The molecule has 0 radical (unpaired) electrons. The van der Waals surface area contributed by atoms with Gasteiger partial charge in [-0.05, 0) is 19.8 Å². The van der Waals surface area contributed by atoms with E-state index in [0.717, 1.165) is 22.6 Å². The Hall–Kier alpha value is -3.19. The summed E-state index contributed by atoms with van der Waals surface area (Å²) in [4.78, 5) is 35.9. The van der Waals surface area contributed by atoms with Gasteiger partial charge in [-0.15, -0.1) is 0 Å². The molecule has 0 bridgehead atoms. The minimum absolute atomic E-state index is 0.165. The first-order valence-corrected chi connectivity index (χ1v) is 11.7. The first-order valence-electron chi connectivity index (χ1n) is 11.7. The van der Waals surface area contributed by atoms with Gasteiger partial charge in [-0.1, -0.05) is 0 Å². The summed E-state index contributed by atoms with van der Waals surface area (Å²) in [7, 11) is 0. The molecular formula is C22H29F2N9O2.